The highest BCUT2D eigenvalue weighted by atomic mass is 16.5. The molecule has 1 aromatic heterocycles. The third-order valence-electron chi connectivity index (χ3n) is 4.81. The zero-order valence-corrected chi connectivity index (χ0v) is 14.0. The van der Waals surface area contributed by atoms with E-state index in [0.717, 1.165) is 44.6 Å². The Morgan fingerprint density at radius 3 is 2.83 bits per heavy atom. The standard InChI is InChI=1S/C17H25N3O3/c1-3-22-14-4-9-23-17(10-14)5-7-20(8-6-17)16(21)15-12-18-13(2)11-19-15/h11-12,14H,3-10H2,1-2H3. The molecule has 0 N–H and O–H groups in total. The number of nitrogens with zero attached hydrogens (tertiary/aromatic N) is 3. The van der Waals surface area contributed by atoms with Crippen LogP contribution in [-0.4, -0.2) is 58.8 Å². The lowest BCUT2D eigenvalue weighted by Crippen LogP contribution is -2.52. The van der Waals surface area contributed by atoms with Crippen molar-refractivity contribution < 1.29 is 14.3 Å². The van der Waals surface area contributed by atoms with Crippen molar-refractivity contribution in [3.8, 4) is 0 Å². The van der Waals surface area contributed by atoms with Gasteiger partial charge in [-0.25, -0.2) is 4.98 Å². The predicted molar refractivity (Wildman–Crippen MR) is 85.2 cm³/mol. The Labute approximate surface area is 137 Å². The molecule has 0 radical (unpaired) electrons. The number of aryl methyl sites for hydroxylation is 1. The summed E-state index contributed by atoms with van der Waals surface area (Å²) >= 11 is 0. The molecule has 2 aliphatic rings. The first-order chi connectivity index (χ1) is 11.1. The van der Waals surface area contributed by atoms with Crippen molar-refractivity contribution in [2.75, 3.05) is 26.3 Å². The van der Waals surface area contributed by atoms with Crippen molar-refractivity contribution in [1.29, 1.82) is 0 Å². The molecule has 1 aromatic rings. The molecule has 6 nitrogen and oxygen atoms in total. The van der Waals surface area contributed by atoms with Crippen molar-refractivity contribution in [3.05, 3.63) is 23.8 Å². The van der Waals surface area contributed by atoms with Crippen LogP contribution in [-0.2, 0) is 9.47 Å². The van der Waals surface area contributed by atoms with Crippen molar-refractivity contribution in [2.45, 2.75) is 51.2 Å². The minimum atomic E-state index is -0.117. The van der Waals surface area contributed by atoms with E-state index in [-0.39, 0.29) is 11.5 Å². The molecule has 126 valence electrons. The fourth-order valence-electron chi connectivity index (χ4n) is 3.49. The molecule has 2 aliphatic heterocycles. The van der Waals surface area contributed by atoms with E-state index >= 15 is 0 Å². The molecule has 2 saturated heterocycles. The van der Waals surface area contributed by atoms with Gasteiger partial charge in [-0.15, -0.1) is 0 Å². The second-order valence-electron chi connectivity index (χ2n) is 6.44. The number of aromatic nitrogens is 2. The van der Waals surface area contributed by atoms with Crippen LogP contribution in [0.4, 0.5) is 0 Å². The van der Waals surface area contributed by atoms with E-state index in [9.17, 15) is 4.79 Å². The molecular weight excluding hydrogens is 294 g/mol. The first-order valence-corrected chi connectivity index (χ1v) is 8.45. The topological polar surface area (TPSA) is 64.6 Å². The van der Waals surface area contributed by atoms with Gasteiger partial charge in [0, 0.05) is 38.9 Å². The van der Waals surface area contributed by atoms with E-state index in [1.165, 1.54) is 0 Å². The Morgan fingerprint density at radius 2 is 2.17 bits per heavy atom. The number of rotatable bonds is 3. The summed E-state index contributed by atoms with van der Waals surface area (Å²) in [6.45, 7) is 6.80. The second-order valence-corrected chi connectivity index (χ2v) is 6.44. The van der Waals surface area contributed by atoms with Crippen LogP contribution in [0, 0.1) is 6.92 Å². The average molecular weight is 319 g/mol. The third kappa shape index (κ3) is 3.70. The molecule has 6 heteroatoms. The molecule has 1 amide bonds. The van der Waals surface area contributed by atoms with E-state index in [2.05, 4.69) is 9.97 Å². The van der Waals surface area contributed by atoms with Gasteiger partial charge < -0.3 is 14.4 Å². The molecule has 1 spiro atoms. The van der Waals surface area contributed by atoms with Crippen LogP contribution < -0.4 is 0 Å². The molecule has 1 atom stereocenters. The van der Waals surface area contributed by atoms with Gasteiger partial charge in [-0.1, -0.05) is 0 Å². The van der Waals surface area contributed by atoms with E-state index in [1.54, 1.807) is 12.4 Å². The van der Waals surface area contributed by atoms with Crippen molar-refractivity contribution >= 4 is 5.91 Å². The van der Waals surface area contributed by atoms with Gasteiger partial charge in [0.15, 0.2) is 0 Å². The molecule has 0 aliphatic carbocycles. The van der Waals surface area contributed by atoms with Crippen molar-refractivity contribution in [3.63, 3.8) is 0 Å². The third-order valence-corrected chi connectivity index (χ3v) is 4.81. The monoisotopic (exact) mass is 319 g/mol. The Morgan fingerprint density at radius 1 is 1.39 bits per heavy atom. The molecule has 2 fully saturated rings. The maximum atomic E-state index is 12.5. The van der Waals surface area contributed by atoms with Gasteiger partial charge in [-0.2, -0.15) is 0 Å². The maximum Gasteiger partial charge on any atom is 0.274 e. The predicted octanol–water partition coefficient (Wildman–Crippen LogP) is 1.98. The number of carbonyl (C=O) groups is 1. The second kappa shape index (κ2) is 6.93. The SMILES string of the molecule is CCOC1CCOC2(CCN(C(=O)c3cnc(C)cn3)CC2)C1. The summed E-state index contributed by atoms with van der Waals surface area (Å²) in [5.41, 5.74) is 1.12. The fourth-order valence-corrected chi connectivity index (χ4v) is 3.49. The minimum Gasteiger partial charge on any atom is -0.378 e. The van der Waals surface area contributed by atoms with Gasteiger partial charge in [0.05, 0.1) is 23.6 Å². The molecule has 3 heterocycles. The van der Waals surface area contributed by atoms with Crippen molar-refractivity contribution in [2.24, 2.45) is 0 Å². The highest BCUT2D eigenvalue weighted by molar-refractivity contribution is 5.92. The molecule has 3 rings (SSSR count). The van der Waals surface area contributed by atoms with Gasteiger partial charge >= 0.3 is 0 Å². The normalized spacial score (nSPS) is 23.9. The highest BCUT2D eigenvalue weighted by Crippen LogP contribution is 2.36. The number of carbonyl (C=O) groups excluding carboxylic acids is 1. The zero-order chi connectivity index (χ0) is 16.3. The van der Waals surface area contributed by atoms with E-state index in [4.69, 9.17) is 9.47 Å². The Bertz CT molecular complexity index is 537. The van der Waals surface area contributed by atoms with Gasteiger partial charge in [0.2, 0.25) is 0 Å². The number of amides is 1. The Kier molecular flexibility index (Phi) is 4.92. The van der Waals surface area contributed by atoms with Gasteiger partial charge in [-0.3, -0.25) is 9.78 Å². The maximum absolute atomic E-state index is 12.5. The molecule has 23 heavy (non-hydrogen) atoms. The number of likely N-dealkylation sites (tertiary alicyclic amines) is 1. The summed E-state index contributed by atoms with van der Waals surface area (Å²) < 4.78 is 11.9. The highest BCUT2D eigenvalue weighted by Gasteiger charge is 2.41. The quantitative estimate of drug-likeness (QED) is 0.852. The first kappa shape index (κ1) is 16.3. The largest absolute Gasteiger partial charge is 0.378 e. The minimum absolute atomic E-state index is 0.0375. The fraction of sp³-hybridized carbons (Fsp3) is 0.706. The van der Waals surface area contributed by atoms with Gasteiger partial charge in [0.25, 0.3) is 5.91 Å². The Hall–Kier alpha value is -1.53. The van der Waals surface area contributed by atoms with Crippen molar-refractivity contribution in [1.82, 2.24) is 14.9 Å². The zero-order valence-electron chi connectivity index (χ0n) is 14.0. The average Bonchev–Trinajstić information content (AvgIpc) is 2.56. The number of ether oxygens (including phenoxy) is 2. The number of piperidine rings is 1. The Balaban J connectivity index is 1.59. The summed E-state index contributed by atoms with van der Waals surface area (Å²) in [5, 5.41) is 0. The molecule has 0 saturated carbocycles. The van der Waals surface area contributed by atoms with Crippen LogP contribution in [0.15, 0.2) is 12.4 Å². The van der Waals surface area contributed by atoms with Crippen LogP contribution >= 0.6 is 0 Å². The molecular formula is C17H25N3O3. The lowest BCUT2D eigenvalue weighted by atomic mass is 9.83. The smallest absolute Gasteiger partial charge is 0.274 e. The summed E-state index contributed by atoms with van der Waals surface area (Å²) in [6.07, 6.45) is 7.12. The van der Waals surface area contributed by atoms with Crippen LogP contribution in [0.25, 0.3) is 0 Å². The van der Waals surface area contributed by atoms with E-state index in [0.29, 0.717) is 24.9 Å². The number of hydrogen-bond donors (Lipinski definition) is 0. The summed E-state index contributed by atoms with van der Waals surface area (Å²) in [7, 11) is 0. The van der Waals surface area contributed by atoms with E-state index < -0.39 is 0 Å². The van der Waals surface area contributed by atoms with Gasteiger partial charge in [-0.05, 0) is 33.1 Å². The van der Waals surface area contributed by atoms with Crippen LogP contribution in [0.5, 0.6) is 0 Å². The van der Waals surface area contributed by atoms with Crippen LogP contribution in [0.2, 0.25) is 0 Å². The molecule has 1 unspecified atom stereocenters. The van der Waals surface area contributed by atoms with Crippen LogP contribution in [0.1, 0.15) is 48.8 Å². The lowest BCUT2D eigenvalue weighted by Gasteiger charge is -2.45. The number of hydrogen-bond acceptors (Lipinski definition) is 5. The van der Waals surface area contributed by atoms with Crippen LogP contribution in [0.3, 0.4) is 0 Å². The first-order valence-electron chi connectivity index (χ1n) is 8.45. The van der Waals surface area contributed by atoms with E-state index in [1.807, 2.05) is 18.7 Å². The lowest BCUT2D eigenvalue weighted by molar-refractivity contribution is -0.151. The summed E-state index contributed by atoms with van der Waals surface area (Å²) in [4.78, 5) is 22.7. The summed E-state index contributed by atoms with van der Waals surface area (Å²) in [5.74, 6) is -0.0375. The molecule has 0 aromatic carbocycles. The van der Waals surface area contributed by atoms with Gasteiger partial charge in [0.1, 0.15) is 5.69 Å². The molecule has 0 bridgehead atoms. The summed E-state index contributed by atoms with van der Waals surface area (Å²) in [6, 6.07) is 0.